The van der Waals surface area contributed by atoms with Crippen LogP contribution in [-0.4, -0.2) is 0 Å². The Kier molecular flexibility index (Phi) is 3.48. The lowest BCUT2D eigenvalue weighted by Gasteiger charge is -2.08. The van der Waals surface area contributed by atoms with E-state index < -0.39 is 17.0 Å². The predicted octanol–water partition coefficient (Wildman–Crippen LogP) is 4.39. The van der Waals surface area contributed by atoms with Crippen LogP contribution in [0, 0.1) is 18.6 Å². The largest absolute Gasteiger partial charge is 0.469 e. The summed E-state index contributed by atoms with van der Waals surface area (Å²) in [5.41, 5.74) is 1.04. The Morgan fingerprint density at radius 2 is 2.12 bits per heavy atom. The van der Waals surface area contributed by atoms with Crippen LogP contribution in [0.3, 0.4) is 0 Å². The summed E-state index contributed by atoms with van der Waals surface area (Å²) >= 11 is 6.13. The summed E-state index contributed by atoms with van der Waals surface area (Å²) in [6.07, 6.45) is 1.76. The first-order valence-corrected chi connectivity index (χ1v) is 5.63. The molecule has 1 aromatic carbocycles. The molecular formula is C13H11ClF2O. The molecule has 2 aromatic rings. The summed E-state index contributed by atoms with van der Waals surface area (Å²) in [6, 6.07) is 5.87. The van der Waals surface area contributed by atoms with Gasteiger partial charge in [0.1, 0.15) is 5.76 Å². The van der Waals surface area contributed by atoms with E-state index in [2.05, 4.69) is 0 Å². The molecule has 17 heavy (non-hydrogen) atoms. The summed E-state index contributed by atoms with van der Waals surface area (Å²) in [5.74, 6) is -0.946. The molecule has 0 radical (unpaired) electrons. The zero-order chi connectivity index (χ0) is 12.4. The minimum atomic E-state index is -0.852. The van der Waals surface area contributed by atoms with Gasteiger partial charge in [-0.05, 0) is 31.0 Å². The van der Waals surface area contributed by atoms with E-state index in [9.17, 15) is 8.78 Å². The monoisotopic (exact) mass is 256 g/mol. The van der Waals surface area contributed by atoms with Gasteiger partial charge in [-0.3, -0.25) is 0 Å². The topological polar surface area (TPSA) is 13.1 Å². The second-order valence-corrected chi connectivity index (χ2v) is 4.40. The lowest BCUT2D eigenvalue weighted by molar-refractivity contribution is 0.497. The molecule has 0 aliphatic heterocycles. The average Bonchev–Trinajstić information content (AvgIpc) is 2.72. The molecule has 0 aliphatic carbocycles. The molecule has 90 valence electrons. The smallest absolute Gasteiger partial charge is 0.162 e. The van der Waals surface area contributed by atoms with Gasteiger partial charge in [0.05, 0.1) is 11.6 Å². The lowest BCUT2D eigenvalue weighted by atomic mass is 10.1. The van der Waals surface area contributed by atoms with Crippen LogP contribution in [0.25, 0.3) is 0 Å². The molecule has 2 rings (SSSR count). The quantitative estimate of drug-likeness (QED) is 0.743. The third kappa shape index (κ3) is 2.67. The van der Waals surface area contributed by atoms with Crippen molar-refractivity contribution in [3.63, 3.8) is 0 Å². The average molecular weight is 257 g/mol. The molecule has 0 aliphatic rings. The molecule has 0 spiro atoms. The Balaban J connectivity index is 2.18. The molecule has 0 bridgehead atoms. The van der Waals surface area contributed by atoms with Crippen molar-refractivity contribution in [2.75, 3.05) is 0 Å². The number of hydrogen-bond donors (Lipinski definition) is 0. The molecule has 0 saturated heterocycles. The van der Waals surface area contributed by atoms with Crippen molar-refractivity contribution < 1.29 is 13.2 Å². The van der Waals surface area contributed by atoms with E-state index in [4.69, 9.17) is 16.0 Å². The molecule has 1 unspecified atom stereocenters. The zero-order valence-electron chi connectivity index (χ0n) is 9.21. The van der Waals surface area contributed by atoms with Crippen LogP contribution in [0.5, 0.6) is 0 Å². The second kappa shape index (κ2) is 4.88. The molecule has 4 heteroatoms. The second-order valence-electron chi connectivity index (χ2n) is 3.88. The fraction of sp³-hybridized carbons (Fsp3) is 0.231. The Labute approximate surface area is 103 Å². The molecule has 1 aromatic heterocycles. The highest BCUT2D eigenvalue weighted by Gasteiger charge is 2.15. The van der Waals surface area contributed by atoms with Gasteiger partial charge in [-0.2, -0.15) is 0 Å². The van der Waals surface area contributed by atoms with Gasteiger partial charge in [0.2, 0.25) is 0 Å². The van der Waals surface area contributed by atoms with Crippen LogP contribution in [0.15, 0.2) is 34.9 Å². The number of furan rings is 1. The third-order valence-electron chi connectivity index (χ3n) is 2.54. The van der Waals surface area contributed by atoms with Gasteiger partial charge in [-0.15, -0.1) is 11.6 Å². The summed E-state index contributed by atoms with van der Waals surface area (Å²) in [5, 5.41) is -0.427. The van der Waals surface area contributed by atoms with Gasteiger partial charge in [-0.1, -0.05) is 12.1 Å². The van der Waals surface area contributed by atoms with Crippen molar-refractivity contribution in [3.8, 4) is 0 Å². The van der Waals surface area contributed by atoms with Crippen LogP contribution in [0.4, 0.5) is 8.78 Å². The molecule has 1 atom stereocenters. The van der Waals surface area contributed by atoms with Crippen LogP contribution in [0.1, 0.15) is 22.3 Å². The third-order valence-corrected chi connectivity index (χ3v) is 2.95. The number of rotatable bonds is 3. The minimum absolute atomic E-state index is 0.226. The van der Waals surface area contributed by atoms with Crippen molar-refractivity contribution in [2.45, 2.75) is 18.7 Å². The molecule has 0 fully saturated rings. The van der Waals surface area contributed by atoms with Crippen LogP contribution >= 0.6 is 11.6 Å². The number of alkyl halides is 1. The summed E-state index contributed by atoms with van der Waals surface area (Å²) in [6.45, 7) is 1.80. The van der Waals surface area contributed by atoms with Crippen molar-refractivity contribution in [3.05, 3.63) is 59.1 Å². The Morgan fingerprint density at radius 3 is 2.76 bits per heavy atom. The Morgan fingerprint density at radius 1 is 1.35 bits per heavy atom. The number of hydrogen-bond acceptors (Lipinski definition) is 1. The lowest BCUT2D eigenvalue weighted by Crippen LogP contribution is -1.99. The summed E-state index contributed by atoms with van der Waals surface area (Å²) in [7, 11) is 0. The maximum Gasteiger partial charge on any atom is 0.162 e. The Bertz CT molecular complexity index is 522. The van der Waals surface area contributed by atoms with Crippen molar-refractivity contribution in [2.24, 2.45) is 0 Å². The number of benzene rings is 1. The van der Waals surface area contributed by atoms with Crippen molar-refractivity contribution in [1.82, 2.24) is 0 Å². The van der Waals surface area contributed by atoms with Crippen LogP contribution in [0.2, 0.25) is 0 Å². The summed E-state index contributed by atoms with van der Waals surface area (Å²) in [4.78, 5) is 0. The highest BCUT2D eigenvalue weighted by atomic mass is 35.5. The molecule has 0 saturated carbocycles. The van der Waals surface area contributed by atoms with Gasteiger partial charge < -0.3 is 4.42 Å². The number of aryl methyl sites for hydroxylation is 1. The predicted molar refractivity (Wildman–Crippen MR) is 62.1 cm³/mol. The van der Waals surface area contributed by atoms with E-state index in [1.165, 1.54) is 18.4 Å². The minimum Gasteiger partial charge on any atom is -0.469 e. The maximum absolute atomic E-state index is 13.4. The molecule has 0 amide bonds. The van der Waals surface area contributed by atoms with E-state index in [1.807, 2.05) is 0 Å². The normalized spacial score (nSPS) is 12.7. The Hall–Kier alpha value is -1.35. The molecule has 1 nitrogen and oxygen atoms in total. The highest BCUT2D eigenvalue weighted by Crippen LogP contribution is 2.27. The fourth-order valence-corrected chi connectivity index (χ4v) is 1.93. The van der Waals surface area contributed by atoms with Crippen molar-refractivity contribution in [1.29, 1.82) is 0 Å². The van der Waals surface area contributed by atoms with Gasteiger partial charge >= 0.3 is 0 Å². The van der Waals surface area contributed by atoms with Gasteiger partial charge in [-0.25, -0.2) is 8.78 Å². The molecule has 0 N–H and O–H groups in total. The first kappa shape index (κ1) is 12.1. The van der Waals surface area contributed by atoms with Gasteiger partial charge in [0.25, 0.3) is 0 Å². The van der Waals surface area contributed by atoms with Crippen molar-refractivity contribution >= 4 is 11.6 Å². The zero-order valence-corrected chi connectivity index (χ0v) is 9.97. The first-order valence-electron chi connectivity index (χ1n) is 5.20. The van der Waals surface area contributed by atoms with E-state index in [0.29, 0.717) is 0 Å². The van der Waals surface area contributed by atoms with Crippen LogP contribution < -0.4 is 0 Å². The van der Waals surface area contributed by atoms with E-state index in [-0.39, 0.29) is 12.0 Å². The van der Waals surface area contributed by atoms with Crippen LogP contribution in [-0.2, 0) is 6.42 Å². The SMILES string of the molecule is Cc1cc(C(Cl)Cc2cccc(F)c2F)co1. The molecule has 1 heterocycles. The number of halogens is 3. The standard InChI is InChI=1S/C13H11ClF2O/c1-8-5-10(7-17-8)11(14)6-9-3-2-4-12(15)13(9)16/h2-5,7,11H,6H2,1H3. The molecular weight excluding hydrogens is 246 g/mol. The van der Waals surface area contributed by atoms with Gasteiger partial charge in [0.15, 0.2) is 11.6 Å². The van der Waals surface area contributed by atoms with E-state index in [1.54, 1.807) is 13.0 Å². The first-order chi connectivity index (χ1) is 8.08. The highest BCUT2D eigenvalue weighted by molar-refractivity contribution is 6.20. The van der Waals surface area contributed by atoms with E-state index >= 15 is 0 Å². The van der Waals surface area contributed by atoms with E-state index in [0.717, 1.165) is 17.4 Å². The van der Waals surface area contributed by atoms with Gasteiger partial charge in [0, 0.05) is 5.56 Å². The summed E-state index contributed by atoms with van der Waals surface area (Å²) < 4.78 is 31.6. The fourth-order valence-electron chi connectivity index (χ4n) is 1.65. The maximum atomic E-state index is 13.4.